The van der Waals surface area contributed by atoms with Crippen molar-refractivity contribution < 1.29 is 14.3 Å². The summed E-state index contributed by atoms with van der Waals surface area (Å²) in [5, 5.41) is 17.0. The molecule has 6 heteroatoms. The molecule has 25 heavy (non-hydrogen) atoms. The van der Waals surface area contributed by atoms with Gasteiger partial charge >= 0.3 is 5.97 Å². The lowest BCUT2D eigenvalue weighted by atomic mass is 10.0. The average molecular weight is 333 g/mol. The van der Waals surface area contributed by atoms with Crippen molar-refractivity contribution in [2.75, 3.05) is 0 Å². The van der Waals surface area contributed by atoms with Crippen LogP contribution >= 0.6 is 0 Å². The number of carbonyl (C=O) groups is 1. The molecule has 0 unspecified atom stereocenters. The van der Waals surface area contributed by atoms with Crippen molar-refractivity contribution in [1.82, 2.24) is 15.2 Å². The molecule has 4 rings (SSSR count). The van der Waals surface area contributed by atoms with E-state index in [1.54, 1.807) is 12.1 Å². The average Bonchev–Trinajstić information content (AvgIpc) is 3.06. The van der Waals surface area contributed by atoms with Crippen LogP contribution in [0.4, 0.5) is 4.39 Å². The van der Waals surface area contributed by atoms with Crippen molar-refractivity contribution in [3.8, 4) is 22.5 Å². The van der Waals surface area contributed by atoms with Crippen LogP contribution in [0.1, 0.15) is 10.4 Å². The number of halogens is 1. The number of nitrogens with one attached hydrogen (secondary N) is 1. The lowest BCUT2D eigenvalue weighted by Gasteiger charge is -2.05. The number of nitrogens with zero attached hydrogens (tertiary/aromatic N) is 2. The van der Waals surface area contributed by atoms with Crippen molar-refractivity contribution in [2.24, 2.45) is 0 Å². The summed E-state index contributed by atoms with van der Waals surface area (Å²) in [6, 6.07) is 16.6. The highest BCUT2D eigenvalue weighted by molar-refractivity contribution is 6.08. The third-order valence-electron chi connectivity index (χ3n) is 3.96. The number of pyridine rings is 1. The predicted octanol–water partition coefficient (Wildman–Crippen LogP) is 4.13. The number of carboxylic acid groups (broad SMARTS) is 1. The second-order valence-corrected chi connectivity index (χ2v) is 5.53. The number of rotatable bonds is 3. The number of fused-ring (bicyclic) bond motifs is 1. The molecular formula is C19H12FN3O2. The van der Waals surface area contributed by atoms with Gasteiger partial charge in [-0.25, -0.2) is 14.2 Å². The molecule has 0 aliphatic heterocycles. The van der Waals surface area contributed by atoms with E-state index >= 15 is 0 Å². The van der Waals surface area contributed by atoms with Crippen LogP contribution in [0.3, 0.4) is 0 Å². The summed E-state index contributed by atoms with van der Waals surface area (Å²) in [5.74, 6) is -1.44. The maximum Gasteiger partial charge on any atom is 0.336 e. The molecule has 0 saturated carbocycles. The van der Waals surface area contributed by atoms with Crippen LogP contribution in [-0.4, -0.2) is 26.3 Å². The SMILES string of the molecule is O=C(O)c1cc(-c2ccccc2)nc2n[nH]c(-c3ccc(F)cc3)c12. The van der Waals surface area contributed by atoms with Crippen LogP contribution in [0.2, 0.25) is 0 Å². The molecule has 2 N–H and O–H groups in total. The van der Waals surface area contributed by atoms with Crippen LogP contribution < -0.4 is 0 Å². The van der Waals surface area contributed by atoms with Crippen molar-refractivity contribution in [1.29, 1.82) is 0 Å². The van der Waals surface area contributed by atoms with Crippen LogP contribution in [0.15, 0.2) is 60.7 Å². The van der Waals surface area contributed by atoms with E-state index in [0.29, 0.717) is 28.0 Å². The standard InChI is InChI=1S/C19H12FN3O2/c20-13-8-6-12(7-9-13)17-16-14(19(24)25)10-15(21-18(16)23-22-17)11-4-2-1-3-5-11/h1-10H,(H,24,25)(H,21,22,23). The fourth-order valence-electron chi connectivity index (χ4n) is 2.77. The first-order valence-electron chi connectivity index (χ1n) is 7.57. The van der Waals surface area contributed by atoms with Gasteiger partial charge in [-0.1, -0.05) is 30.3 Å². The first-order chi connectivity index (χ1) is 12.1. The maximum absolute atomic E-state index is 13.2. The van der Waals surface area contributed by atoms with E-state index in [1.165, 1.54) is 18.2 Å². The first-order valence-corrected chi connectivity index (χ1v) is 7.57. The minimum absolute atomic E-state index is 0.0944. The van der Waals surface area contributed by atoms with Gasteiger partial charge in [0.2, 0.25) is 0 Å². The van der Waals surface area contributed by atoms with E-state index < -0.39 is 5.97 Å². The van der Waals surface area contributed by atoms with Gasteiger partial charge in [-0.05, 0) is 30.3 Å². The summed E-state index contributed by atoms with van der Waals surface area (Å²) in [5.41, 5.74) is 2.87. The smallest absolute Gasteiger partial charge is 0.336 e. The summed E-state index contributed by atoms with van der Waals surface area (Å²) in [6.07, 6.45) is 0. The van der Waals surface area contributed by atoms with Gasteiger partial charge in [0.15, 0.2) is 5.65 Å². The van der Waals surface area contributed by atoms with Gasteiger partial charge in [0, 0.05) is 11.1 Å². The minimum atomic E-state index is -1.07. The molecule has 0 amide bonds. The van der Waals surface area contributed by atoms with Gasteiger partial charge in [0.05, 0.1) is 22.3 Å². The van der Waals surface area contributed by atoms with Gasteiger partial charge in [0.25, 0.3) is 0 Å². The van der Waals surface area contributed by atoms with Gasteiger partial charge in [-0.15, -0.1) is 0 Å². The molecule has 2 aromatic heterocycles. The largest absolute Gasteiger partial charge is 0.478 e. The minimum Gasteiger partial charge on any atom is -0.478 e. The van der Waals surface area contributed by atoms with Crippen LogP contribution in [0, 0.1) is 5.82 Å². The molecule has 0 radical (unpaired) electrons. The highest BCUT2D eigenvalue weighted by Crippen LogP contribution is 2.31. The predicted molar refractivity (Wildman–Crippen MR) is 91.7 cm³/mol. The Balaban J connectivity index is 1.97. The van der Waals surface area contributed by atoms with E-state index in [9.17, 15) is 14.3 Å². The number of hydrogen-bond acceptors (Lipinski definition) is 3. The Morgan fingerprint density at radius 1 is 1.00 bits per heavy atom. The molecule has 0 bridgehead atoms. The highest BCUT2D eigenvalue weighted by Gasteiger charge is 2.19. The van der Waals surface area contributed by atoms with E-state index in [1.807, 2.05) is 30.3 Å². The number of aromatic carboxylic acids is 1. The van der Waals surface area contributed by atoms with Gasteiger partial charge in [-0.2, -0.15) is 5.10 Å². The van der Waals surface area contributed by atoms with Gasteiger partial charge < -0.3 is 5.11 Å². The van der Waals surface area contributed by atoms with Gasteiger partial charge in [0.1, 0.15) is 5.82 Å². The molecule has 0 aliphatic carbocycles. The summed E-state index contributed by atoms with van der Waals surface area (Å²) in [4.78, 5) is 16.3. The third-order valence-corrected chi connectivity index (χ3v) is 3.96. The second kappa shape index (κ2) is 5.83. The van der Waals surface area contributed by atoms with Crippen molar-refractivity contribution in [3.05, 3.63) is 72.0 Å². The topological polar surface area (TPSA) is 78.9 Å². The Hall–Kier alpha value is -3.54. The van der Waals surface area contributed by atoms with Gasteiger partial charge in [-0.3, -0.25) is 5.10 Å². The first kappa shape index (κ1) is 15.0. The Kier molecular flexibility index (Phi) is 3.50. The summed E-state index contributed by atoms with van der Waals surface area (Å²) >= 11 is 0. The van der Waals surface area contributed by atoms with Crippen LogP contribution in [0.25, 0.3) is 33.5 Å². The lowest BCUT2D eigenvalue weighted by molar-refractivity contribution is 0.0699. The van der Waals surface area contributed by atoms with Crippen LogP contribution in [0.5, 0.6) is 0 Å². The monoisotopic (exact) mass is 333 g/mol. The van der Waals surface area contributed by atoms with E-state index in [0.717, 1.165) is 5.56 Å². The fraction of sp³-hybridized carbons (Fsp3) is 0. The molecule has 0 saturated heterocycles. The summed E-state index contributed by atoms with van der Waals surface area (Å²) in [6.45, 7) is 0. The summed E-state index contributed by atoms with van der Waals surface area (Å²) in [7, 11) is 0. The second-order valence-electron chi connectivity index (χ2n) is 5.53. The van der Waals surface area contributed by atoms with Crippen molar-refractivity contribution in [3.63, 3.8) is 0 Å². The zero-order valence-electron chi connectivity index (χ0n) is 12.9. The molecule has 0 atom stereocenters. The summed E-state index contributed by atoms with van der Waals surface area (Å²) < 4.78 is 13.2. The fourth-order valence-corrected chi connectivity index (χ4v) is 2.77. The quantitative estimate of drug-likeness (QED) is 0.591. The zero-order valence-corrected chi connectivity index (χ0v) is 12.9. The zero-order chi connectivity index (χ0) is 17.4. The Morgan fingerprint density at radius 3 is 2.40 bits per heavy atom. The molecule has 0 spiro atoms. The number of aromatic nitrogens is 3. The molecule has 4 aromatic rings. The van der Waals surface area contributed by atoms with E-state index in [-0.39, 0.29) is 11.4 Å². The number of hydrogen-bond donors (Lipinski definition) is 2. The highest BCUT2D eigenvalue weighted by atomic mass is 19.1. The molecule has 5 nitrogen and oxygen atoms in total. The molecule has 0 aliphatic rings. The Morgan fingerprint density at radius 2 is 1.72 bits per heavy atom. The Labute approximate surface area is 141 Å². The molecular weight excluding hydrogens is 321 g/mol. The molecule has 122 valence electrons. The van der Waals surface area contributed by atoms with E-state index in [4.69, 9.17) is 0 Å². The number of aromatic amines is 1. The third kappa shape index (κ3) is 2.63. The molecule has 2 aromatic carbocycles. The van der Waals surface area contributed by atoms with E-state index in [2.05, 4.69) is 15.2 Å². The molecule has 0 fully saturated rings. The van der Waals surface area contributed by atoms with Crippen molar-refractivity contribution in [2.45, 2.75) is 0 Å². The van der Waals surface area contributed by atoms with Crippen LogP contribution in [-0.2, 0) is 0 Å². The Bertz CT molecular complexity index is 1070. The number of H-pyrrole nitrogens is 1. The lowest BCUT2D eigenvalue weighted by Crippen LogP contribution is -2.00. The number of benzene rings is 2. The maximum atomic E-state index is 13.2. The molecule has 2 heterocycles. The number of carboxylic acids is 1. The van der Waals surface area contributed by atoms with Crippen molar-refractivity contribution >= 4 is 17.0 Å². The normalized spacial score (nSPS) is 10.9.